The standard InChI is InChI=1S/C19H21N3O3/c1-23-17-8-7-13(9-18(17)24-2)11-21-19(20)22-12-15-10-14-5-3-4-6-16(14)25-15/h3-10H,11-12H2,1-2H3,(H3,20,21,22). The summed E-state index contributed by atoms with van der Waals surface area (Å²) in [5.41, 5.74) is 7.77. The third-order valence-corrected chi connectivity index (χ3v) is 3.80. The van der Waals surface area contributed by atoms with Gasteiger partial charge in [0.15, 0.2) is 17.5 Å². The van der Waals surface area contributed by atoms with E-state index in [0.29, 0.717) is 30.5 Å². The van der Waals surface area contributed by atoms with Crippen LogP contribution < -0.4 is 20.5 Å². The summed E-state index contributed by atoms with van der Waals surface area (Å²) in [7, 11) is 3.21. The highest BCUT2D eigenvalue weighted by Crippen LogP contribution is 2.27. The summed E-state index contributed by atoms with van der Waals surface area (Å²) in [6.07, 6.45) is 0. The lowest BCUT2D eigenvalue weighted by atomic mass is 10.2. The van der Waals surface area contributed by atoms with E-state index >= 15 is 0 Å². The SMILES string of the molecule is COc1ccc(CN=C(N)NCc2cc3ccccc3o2)cc1OC. The average Bonchev–Trinajstić information content (AvgIpc) is 3.07. The van der Waals surface area contributed by atoms with Gasteiger partial charge in [0.1, 0.15) is 11.3 Å². The third-order valence-electron chi connectivity index (χ3n) is 3.80. The van der Waals surface area contributed by atoms with Gasteiger partial charge in [0.25, 0.3) is 0 Å². The molecule has 0 bridgehead atoms. The molecule has 3 rings (SSSR count). The summed E-state index contributed by atoms with van der Waals surface area (Å²) in [6, 6.07) is 15.5. The first-order valence-electron chi connectivity index (χ1n) is 7.91. The number of furan rings is 1. The number of nitrogens with zero attached hydrogens (tertiary/aromatic N) is 1. The zero-order valence-electron chi connectivity index (χ0n) is 14.3. The van der Waals surface area contributed by atoms with E-state index in [9.17, 15) is 0 Å². The Morgan fingerprint density at radius 2 is 1.88 bits per heavy atom. The fourth-order valence-corrected chi connectivity index (χ4v) is 2.51. The molecule has 6 heteroatoms. The number of guanidine groups is 1. The predicted octanol–water partition coefficient (Wildman–Crippen LogP) is 3.05. The van der Waals surface area contributed by atoms with Crippen molar-refractivity contribution in [1.29, 1.82) is 0 Å². The Morgan fingerprint density at radius 1 is 1.08 bits per heavy atom. The molecule has 25 heavy (non-hydrogen) atoms. The average molecular weight is 339 g/mol. The van der Waals surface area contributed by atoms with Gasteiger partial charge in [-0.25, -0.2) is 4.99 Å². The number of ether oxygens (including phenoxy) is 2. The predicted molar refractivity (Wildman–Crippen MR) is 97.9 cm³/mol. The minimum absolute atomic E-state index is 0.357. The van der Waals surface area contributed by atoms with Crippen molar-refractivity contribution in [2.75, 3.05) is 14.2 Å². The molecule has 3 N–H and O–H groups in total. The molecule has 0 saturated heterocycles. The molecule has 0 radical (unpaired) electrons. The summed E-state index contributed by atoms with van der Waals surface area (Å²) < 4.78 is 16.2. The molecule has 1 aromatic heterocycles. The van der Waals surface area contributed by atoms with Crippen molar-refractivity contribution in [3.05, 3.63) is 59.9 Å². The zero-order chi connectivity index (χ0) is 17.6. The number of hydrogen-bond donors (Lipinski definition) is 2. The largest absolute Gasteiger partial charge is 0.493 e. The van der Waals surface area contributed by atoms with Gasteiger partial charge in [0.05, 0.1) is 27.3 Å². The first-order valence-corrected chi connectivity index (χ1v) is 7.91. The molecule has 0 unspecified atom stereocenters. The van der Waals surface area contributed by atoms with E-state index in [1.54, 1.807) is 14.2 Å². The summed E-state index contributed by atoms with van der Waals surface area (Å²) in [6.45, 7) is 0.926. The second kappa shape index (κ2) is 7.61. The lowest BCUT2D eigenvalue weighted by Crippen LogP contribution is -2.30. The van der Waals surface area contributed by atoms with Crippen LogP contribution in [0, 0.1) is 0 Å². The van der Waals surface area contributed by atoms with E-state index in [0.717, 1.165) is 22.3 Å². The first-order chi connectivity index (χ1) is 12.2. The maximum atomic E-state index is 5.93. The number of hydrogen-bond acceptors (Lipinski definition) is 4. The Morgan fingerprint density at radius 3 is 2.64 bits per heavy atom. The molecular weight excluding hydrogens is 318 g/mol. The van der Waals surface area contributed by atoms with Gasteiger partial charge < -0.3 is 24.9 Å². The minimum Gasteiger partial charge on any atom is -0.493 e. The van der Waals surface area contributed by atoms with E-state index in [-0.39, 0.29) is 0 Å². The van der Waals surface area contributed by atoms with Crippen LogP contribution in [0.1, 0.15) is 11.3 Å². The van der Waals surface area contributed by atoms with Crippen molar-refractivity contribution in [1.82, 2.24) is 5.32 Å². The fourth-order valence-electron chi connectivity index (χ4n) is 2.51. The second-order valence-electron chi connectivity index (χ2n) is 5.49. The normalized spacial score (nSPS) is 11.5. The van der Waals surface area contributed by atoms with Gasteiger partial charge in [-0.15, -0.1) is 0 Å². The molecule has 1 heterocycles. The maximum absolute atomic E-state index is 5.93. The molecule has 0 fully saturated rings. The number of benzene rings is 2. The molecule has 0 saturated carbocycles. The van der Waals surface area contributed by atoms with Gasteiger partial charge >= 0.3 is 0 Å². The van der Waals surface area contributed by atoms with Crippen molar-refractivity contribution in [2.45, 2.75) is 13.1 Å². The summed E-state index contributed by atoms with van der Waals surface area (Å²) in [5.74, 6) is 2.52. The molecule has 2 aromatic carbocycles. The molecule has 0 aliphatic rings. The lowest BCUT2D eigenvalue weighted by Gasteiger charge is -2.09. The van der Waals surface area contributed by atoms with Gasteiger partial charge in [0, 0.05) is 5.39 Å². The van der Waals surface area contributed by atoms with Crippen LogP contribution >= 0.6 is 0 Å². The highest BCUT2D eigenvalue weighted by atomic mass is 16.5. The van der Waals surface area contributed by atoms with Crippen molar-refractivity contribution in [3.8, 4) is 11.5 Å². The van der Waals surface area contributed by atoms with Gasteiger partial charge in [-0.05, 0) is 29.8 Å². The van der Waals surface area contributed by atoms with Crippen molar-refractivity contribution >= 4 is 16.9 Å². The van der Waals surface area contributed by atoms with Gasteiger partial charge in [-0.2, -0.15) is 0 Å². The van der Waals surface area contributed by atoms with Crippen molar-refractivity contribution in [3.63, 3.8) is 0 Å². The number of rotatable bonds is 6. The van der Waals surface area contributed by atoms with E-state index in [2.05, 4.69) is 10.3 Å². The number of fused-ring (bicyclic) bond motifs is 1. The Labute approximate surface area is 146 Å². The first kappa shape index (κ1) is 16.7. The van der Waals surface area contributed by atoms with E-state index < -0.39 is 0 Å². The number of nitrogens with two attached hydrogens (primary N) is 1. The fraction of sp³-hybridized carbons (Fsp3) is 0.211. The molecule has 130 valence electrons. The van der Waals surface area contributed by atoms with Crippen LogP contribution in [-0.2, 0) is 13.1 Å². The molecule has 0 amide bonds. The van der Waals surface area contributed by atoms with Crippen LogP contribution in [0.2, 0.25) is 0 Å². The van der Waals surface area contributed by atoms with Gasteiger partial charge in [0.2, 0.25) is 0 Å². The van der Waals surface area contributed by atoms with Gasteiger partial charge in [-0.3, -0.25) is 0 Å². The molecule has 0 aliphatic heterocycles. The van der Waals surface area contributed by atoms with Crippen molar-refractivity contribution in [2.24, 2.45) is 10.7 Å². The second-order valence-corrected chi connectivity index (χ2v) is 5.49. The number of nitrogens with one attached hydrogen (secondary N) is 1. The van der Waals surface area contributed by atoms with E-state index in [4.69, 9.17) is 19.6 Å². The van der Waals surface area contributed by atoms with E-state index in [1.807, 2.05) is 48.5 Å². The van der Waals surface area contributed by atoms with Gasteiger partial charge in [-0.1, -0.05) is 24.3 Å². The summed E-state index contributed by atoms with van der Waals surface area (Å²) in [5, 5.41) is 4.13. The third kappa shape index (κ3) is 4.03. The quantitative estimate of drug-likeness (QED) is 0.533. The number of methoxy groups -OCH3 is 2. The lowest BCUT2D eigenvalue weighted by molar-refractivity contribution is 0.354. The van der Waals surface area contributed by atoms with Crippen LogP contribution in [0.15, 0.2) is 57.9 Å². The molecule has 0 aliphatic carbocycles. The Kier molecular flexibility index (Phi) is 5.09. The van der Waals surface area contributed by atoms with Crippen LogP contribution in [0.5, 0.6) is 11.5 Å². The van der Waals surface area contributed by atoms with E-state index in [1.165, 1.54) is 0 Å². The van der Waals surface area contributed by atoms with Crippen LogP contribution in [0.4, 0.5) is 0 Å². The topological polar surface area (TPSA) is 82.0 Å². The molecule has 0 atom stereocenters. The Balaban J connectivity index is 1.60. The van der Waals surface area contributed by atoms with Crippen LogP contribution in [0.3, 0.4) is 0 Å². The van der Waals surface area contributed by atoms with Crippen LogP contribution in [0.25, 0.3) is 11.0 Å². The molecular formula is C19H21N3O3. The van der Waals surface area contributed by atoms with Crippen LogP contribution in [-0.4, -0.2) is 20.2 Å². The smallest absolute Gasteiger partial charge is 0.189 e. The highest BCUT2D eigenvalue weighted by Gasteiger charge is 2.05. The number of aliphatic imine (C=N–C) groups is 1. The summed E-state index contributed by atoms with van der Waals surface area (Å²) in [4.78, 5) is 4.34. The molecule has 0 spiro atoms. The van der Waals surface area contributed by atoms with Crippen molar-refractivity contribution < 1.29 is 13.9 Å². The number of para-hydroxylation sites is 1. The maximum Gasteiger partial charge on any atom is 0.189 e. The molecule has 3 aromatic rings. The Hall–Kier alpha value is -3.15. The monoisotopic (exact) mass is 339 g/mol. The Bertz CT molecular complexity index is 854. The minimum atomic E-state index is 0.357. The summed E-state index contributed by atoms with van der Waals surface area (Å²) >= 11 is 0. The molecule has 6 nitrogen and oxygen atoms in total. The zero-order valence-corrected chi connectivity index (χ0v) is 14.3. The highest BCUT2D eigenvalue weighted by molar-refractivity contribution is 5.79.